The summed E-state index contributed by atoms with van der Waals surface area (Å²) < 4.78 is 11.5. The number of nitrogens with zero attached hydrogens (tertiary/aromatic N) is 2. The summed E-state index contributed by atoms with van der Waals surface area (Å²) in [5, 5.41) is 17.1. The Morgan fingerprint density at radius 2 is 1.84 bits per heavy atom. The molecule has 2 heterocycles. The number of carbonyl (C=O) groups is 1. The summed E-state index contributed by atoms with van der Waals surface area (Å²) in [7, 11) is 0.532. The van der Waals surface area contributed by atoms with E-state index in [1.54, 1.807) is 6.07 Å². The van der Waals surface area contributed by atoms with Gasteiger partial charge in [-0.05, 0) is 76.6 Å². The average molecular weight is 490 g/mol. The number of amides is 1. The molecule has 3 rings (SSSR count). The van der Waals surface area contributed by atoms with Gasteiger partial charge in [-0.1, -0.05) is 23.2 Å². The molecule has 6 nitrogen and oxygen atoms in total. The molecular formula is C22H33Cl2N3O3S. The first-order chi connectivity index (χ1) is 14.5. The van der Waals surface area contributed by atoms with Crippen LogP contribution in [0.25, 0.3) is 0 Å². The highest BCUT2D eigenvalue weighted by Gasteiger charge is 2.38. The van der Waals surface area contributed by atoms with Gasteiger partial charge in [0.2, 0.25) is 5.91 Å². The fraction of sp³-hybridized carbons (Fsp3) is 0.682. The van der Waals surface area contributed by atoms with Crippen molar-refractivity contribution < 1.29 is 14.1 Å². The molecule has 31 heavy (non-hydrogen) atoms. The van der Waals surface area contributed by atoms with Crippen LogP contribution < -0.4 is 5.14 Å². The second-order valence-electron chi connectivity index (χ2n) is 9.60. The van der Waals surface area contributed by atoms with Gasteiger partial charge in [0.25, 0.3) is 0 Å². The molecule has 0 bridgehead atoms. The summed E-state index contributed by atoms with van der Waals surface area (Å²) >= 11 is 12.3. The van der Waals surface area contributed by atoms with Gasteiger partial charge in [0.15, 0.2) is 0 Å². The predicted octanol–water partition coefficient (Wildman–Crippen LogP) is 3.76. The number of rotatable bonds is 6. The van der Waals surface area contributed by atoms with E-state index in [1.165, 1.54) is 6.07 Å². The van der Waals surface area contributed by atoms with Gasteiger partial charge in [-0.2, -0.15) is 0 Å². The van der Waals surface area contributed by atoms with Gasteiger partial charge in [0.1, 0.15) is 5.75 Å². The number of piperidine rings is 1. The summed E-state index contributed by atoms with van der Waals surface area (Å²) in [6.07, 6.45) is 3.08. The number of phenols is 1. The molecule has 0 saturated carbocycles. The molecule has 2 saturated heterocycles. The molecule has 9 heteroatoms. The second-order valence-corrected chi connectivity index (χ2v) is 12.1. The second kappa shape index (κ2) is 9.96. The Morgan fingerprint density at radius 1 is 1.23 bits per heavy atom. The smallest absolute Gasteiger partial charge is 0.227 e. The van der Waals surface area contributed by atoms with Crippen LogP contribution in [0, 0.1) is 11.8 Å². The quantitative estimate of drug-likeness (QED) is 0.636. The summed E-state index contributed by atoms with van der Waals surface area (Å²) in [5.74, 6) is 0.550. The van der Waals surface area contributed by atoms with Gasteiger partial charge in [0, 0.05) is 25.7 Å². The van der Waals surface area contributed by atoms with E-state index in [9.17, 15) is 14.1 Å². The Morgan fingerprint density at radius 3 is 2.39 bits per heavy atom. The molecule has 3 N–H and O–H groups in total. The Hall–Kier alpha value is -0.860. The maximum atomic E-state index is 12.9. The molecule has 1 aromatic rings. The van der Waals surface area contributed by atoms with Crippen molar-refractivity contribution in [3.63, 3.8) is 0 Å². The summed E-state index contributed by atoms with van der Waals surface area (Å²) in [4.78, 5) is 17.1. The Labute approximate surface area is 197 Å². The zero-order chi connectivity index (χ0) is 22.9. The van der Waals surface area contributed by atoms with Crippen molar-refractivity contribution in [2.24, 2.45) is 17.0 Å². The van der Waals surface area contributed by atoms with Crippen LogP contribution in [0.4, 0.5) is 0 Å². The van der Waals surface area contributed by atoms with Crippen LogP contribution in [0.2, 0.25) is 10.0 Å². The first kappa shape index (κ1) is 24.8. The molecule has 0 aromatic heterocycles. The maximum Gasteiger partial charge on any atom is 0.227 e. The van der Waals surface area contributed by atoms with Gasteiger partial charge in [-0.25, -0.2) is 4.21 Å². The largest absolute Gasteiger partial charge is 0.508 e. The zero-order valence-corrected chi connectivity index (χ0v) is 20.8. The third-order valence-electron chi connectivity index (χ3n) is 6.89. The molecule has 3 atom stereocenters. The highest BCUT2D eigenvalue weighted by molar-refractivity contribution is 7.84. The lowest BCUT2D eigenvalue weighted by molar-refractivity contribution is -0.136. The van der Waals surface area contributed by atoms with Crippen molar-refractivity contribution in [3.05, 3.63) is 27.7 Å². The van der Waals surface area contributed by atoms with Crippen LogP contribution in [-0.4, -0.2) is 63.0 Å². The Bertz CT molecular complexity index is 844. The lowest BCUT2D eigenvalue weighted by atomic mass is 9.75. The number of benzene rings is 1. The SMILES string of the molecule is CN1CC[C@@H](C(=O)N2CCC([C@@H](CC(C)(C)S(N)=O)c3cc(Cl)c(Cl)cc3O)CC2)C1. The number of hydrogen-bond acceptors (Lipinski definition) is 4. The molecule has 1 unspecified atom stereocenters. The third kappa shape index (κ3) is 5.74. The fourth-order valence-electron chi connectivity index (χ4n) is 4.91. The number of phenolic OH excluding ortho intramolecular Hbond substituents is 1. The number of halogens is 2. The lowest BCUT2D eigenvalue weighted by Crippen LogP contribution is -2.44. The van der Waals surface area contributed by atoms with Crippen LogP contribution in [0.5, 0.6) is 5.75 Å². The fourth-order valence-corrected chi connectivity index (χ4v) is 5.58. The minimum absolute atomic E-state index is 0.0884. The van der Waals surface area contributed by atoms with Gasteiger partial charge in [-0.15, -0.1) is 0 Å². The van der Waals surface area contributed by atoms with Gasteiger partial charge in [-0.3, -0.25) is 9.93 Å². The first-order valence-electron chi connectivity index (χ1n) is 10.8. The minimum atomic E-state index is -1.52. The number of aromatic hydroxyl groups is 1. The maximum absolute atomic E-state index is 12.9. The lowest BCUT2D eigenvalue weighted by Gasteiger charge is -2.39. The minimum Gasteiger partial charge on any atom is -0.508 e. The number of hydrogen-bond donors (Lipinski definition) is 2. The standard InChI is InChI=1S/C22H33Cl2N3O3S/c1-22(2,31(25)30)12-17(16-10-18(23)19(24)11-20(16)28)14-5-8-27(9-6-14)21(29)15-4-7-26(3)13-15/h10-11,14-15,17,28H,4-9,12-13,25H2,1-3H3/t15-,17-,31?/m1/s1. The summed E-state index contributed by atoms with van der Waals surface area (Å²) in [6.45, 7) is 6.93. The molecule has 2 aliphatic heterocycles. The van der Waals surface area contributed by atoms with Crippen LogP contribution in [0.15, 0.2) is 12.1 Å². The summed E-state index contributed by atoms with van der Waals surface area (Å²) in [5.41, 5.74) is 0.704. The summed E-state index contributed by atoms with van der Waals surface area (Å²) in [6, 6.07) is 3.18. The number of likely N-dealkylation sites (tertiary alicyclic amines) is 2. The molecule has 174 valence electrons. The van der Waals surface area contributed by atoms with E-state index in [4.69, 9.17) is 28.3 Å². The monoisotopic (exact) mass is 489 g/mol. The van der Waals surface area contributed by atoms with Crippen molar-refractivity contribution >= 4 is 40.1 Å². The Kier molecular flexibility index (Phi) is 7.96. The zero-order valence-electron chi connectivity index (χ0n) is 18.4. The van der Waals surface area contributed by atoms with Crippen LogP contribution in [-0.2, 0) is 15.8 Å². The van der Waals surface area contributed by atoms with Crippen molar-refractivity contribution in [3.8, 4) is 5.75 Å². The van der Waals surface area contributed by atoms with Crippen molar-refractivity contribution in [1.82, 2.24) is 9.80 Å². The van der Waals surface area contributed by atoms with Crippen LogP contribution >= 0.6 is 23.2 Å². The average Bonchev–Trinajstić information content (AvgIpc) is 3.15. The van der Waals surface area contributed by atoms with E-state index in [1.807, 2.05) is 18.7 Å². The van der Waals surface area contributed by atoms with E-state index in [2.05, 4.69) is 11.9 Å². The first-order valence-corrected chi connectivity index (χ1v) is 12.8. The molecule has 0 radical (unpaired) electrons. The van der Waals surface area contributed by atoms with E-state index in [0.29, 0.717) is 35.1 Å². The van der Waals surface area contributed by atoms with E-state index >= 15 is 0 Å². The van der Waals surface area contributed by atoms with Crippen molar-refractivity contribution in [2.45, 2.75) is 50.2 Å². The predicted molar refractivity (Wildman–Crippen MR) is 127 cm³/mol. The van der Waals surface area contributed by atoms with Gasteiger partial charge < -0.3 is 14.9 Å². The van der Waals surface area contributed by atoms with Crippen molar-refractivity contribution in [2.75, 3.05) is 33.2 Å². The molecule has 2 aliphatic rings. The Balaban J connectivity index is 1.78. The molecule has 0 aliphatic carbocycles. The molecule has 2 fully saturated rings. The van der Waals surface area contributed by atoms with E-state index in [0.717, 1.165) is 32.4 Å². The number of nitrogens with two attached hydrogens (primary N) is 1. The van der Waals surface area contributed by atoms with Crippen molar-refractivity contribution in [1.29, 1.82) is 0 Å². The molecule has 1 aromatic carbocycles. The van der Waals surface area contributed by atoms with Crippen LogP contribution in [0.1, 0.15) is 51.0 Å². The normalized spacial score (nSPS) is 23.2. The molecule has 0 spiro atoms. The van der Waals surface area contributed by atoms with E-state index < -0.39 is 15.7 Å². The van der Waals surface area contributed by atoms with E-state index in [-0.39, 0.29) is 29.4 Å². The topological polar surface area (TPSA) is 86.9 Å². The molecular weight excluding hydrogens is 457 g/mol. The molecule has 1 amide bonds. The van der Waals surface area contributed by atoms with Gasteiger partial charge >= 0.3 is 0 Å². The number of carbonyl (C=O) groups excluding carboxylic acids is 1. The highest BCUT2D eigenvalue weighted by atomic mass is 35.5. The highest BCUT2D eigenvalue weighted by Crippen LogP contribution is 2.44. The van der Waals surface area contributed by atoms with Gasteiger partial charge in [0.05, 0.1) is 31.7 Å². The third-order valence-corrected chi connectivity index (χ3v) is 8.86. The van der Waals surface area contributed by atoms with Crippen LogP contribution in [0.3, 0.4) is 0 Å².